The first-order valence-corrected chi connectivity index (χ1v) is 15.4. The fourth-order valence-corrected chi connectivity index (χ4v) is 6.82. The van der Waals surface area contributed by atoms with E-state index in [1.165, 1.54) is 48.1 Å². The number of β-amino-alcohol motifs (C(OH)–C–C–N with tert-alkyl or cyclic N) is 1. The molecule has 9 nitrogen and oxygen atoms in total. The number of unbranched alkanes of at least 4 members (excludes halogenated alkanes) is 1. The first kappa shape index (κ1) is 30.9. The van der Waals surface area contributed by atoms with Crippen molar-refractivity contribution in [2.24, 2.45) is 0 Å². The second-order valence-electron chi connectivity index (χ2n) is 7.88. The molecule has 0 aliphatic carbocycles. The Bertz CT molecular complexity index is 1050. The van der Waals surface area contributed by atoms with E-state index in [-0.39, 0.29) is 31.2 Å². The minimum Gasteiger partial charge on any atom is -0.497 e. The standard InChI is InChI=1S/C17H20N2O6S4.C6H15N/c1-25-11-4-5-13-12(10-11)18(6-2-3-9-29(22,23)24)16(27-13)14-15(21)19(7-8-20)17(26)28-14;1-4-7(5-2)6-3/h4-5,10,20H,2-3,6-9H2,1H3,(H,22,23,24);4-6H2,1-3H3/b16-14+;. The fourth-order valence-electron chi connectivity index (χ4n) is 3.63. The van der Waals surface area contributed by atoms with E-state index in [0.29, 0.717) is 27.9 Å². The molecule has 2 aliphatic rings. The third kappa shape index (κ3) is 8.33. The van der Waals surface area contributed by atoms with Crippen LogP contribution in [-0.4, -0.2) is 90.3 Å². The maximum atomic E-state index is 12.8. The molecule has 1 amide bonds. The molecule has 0 bridgehead atoms. The van der Waals surface area contributed by atoms with Crippen molar-refractivity contribution < 1.29 is 27.6 Å². The van der Waals surface area contributed by atoms with Gasteiger partial charge in [-0.3, -0.25) is 14.2 Å². The normalized spacial score (nSPS) is 17.5. The van der Waals surface area contributed by atoms with E-state index in [2.05, 4.69) is 25.7 Å². The van der Waals surface area contributed by atoms with E-state index in [9.17, 15) is 18.3 Å². The molecule has 0 aromatic heterocycles. The molecule has 36 heavy (non-hydrogen) atoms. The second-order valence-corrected chi connectivity index (χ2v) is 12.1. The van der Waals surface area contributed by atoms with Crippen molar-refractivity contribution in [1.29, 1.82) is 0 Å². The fraction of sp³-hybridized carbons (Fsp3) is 0.565. The predicted octanol–water partition coefficient (Wildman–Crippen LogP) is 3.65. The van der Waals surface area contributed by atoms with Crippen molar-refractivity contribution in [3.63, 3.8) is 0 Å². The third-order valence-corrected chi connectivity index (χ3v) is 9.21. The van der Waals surface area contributed by atoms with Crippen molar-refractivity contribution in [2.75, 3.05) is 57.1 Å². The molecule has 1 aromatic rings. The molecular formula is C23H35N3O6S4. The number of carbonyl (C=O) groups excluding carboxylic acids is 1. The van der Waals surface area contributed by atoms with Gasteiger partial charge < -0.3 is 19.6 Å². The Labute approximate surface area is 228 Å². The lowest BCUT2D eigenvalue weighted by molar-refractivity contribution is -0.122. The maximum absolute atomic E-state index is 12.8. The lowest BCUT2D eigenvalue weighted by Gasteiger charge is -2.21. The smallest absolute Gasteiger partial charge is 0.268 e. The largest absolute Gasteiger partial charge is 0.497 e. The third-order valence-electron chi connectivity index (χ3n) is 5.65. The summed E-state index contributed by atoms with van der Waals surface area (Å²) < 4.78 is 36.6. The number of aliphatic hydroxyl groups excluding tert-OH is 1. The highest BCUT2D eigenvalue weighted by atomic mass is 32.2. The van der Waals surface area contributed by atoms with Gasteiger partial charge in [0, 0.05) is 17.5 Å². The van der Waals surface area contributed by atoms with Crippen LogP contribution in [0, 0.1) is 0 Å². The molecule has 202 valence electrons. The van der Waals surface area contributed by atoms with Crippen LogP contribution >= 0.6 is 35.7 Å². The molecule has 1 saturated heterocycles. The summed E-state index contributed by atoms with van der Waals surface area (Å²) in [5, 5.41) is 9.92. The van der Waals surface area contributed by atoms with Crippen LogP contribution in [0.1, 0.15) is 33.6 Å². The number of hydrogen-bond donors (Lipinski definition) is 2. The molecule has 1 aromatic carbocycles. The zero-order chi connectivity index (χ0) is 26.9. The van der Waals surface area contributed by atoms with Crippen LogP contribution in [0.4, 0.5) is 5.69 Å². The highest BCUT2D eigenvalue weighted by molar-refractivity contribution is 8.27. The summed E-state index contributed by atoms with van der Waals surface area (Å²) in [5.74, 6) is 0.105. The monoisotopic (exact) mass is 577 g/mol. The average Bonchev–Trinajstić information content (AvgIpc) is 3.34. The first-order valence-electron chi connectivity index (χ1n) is 11.8. The molecule has 13 heteroatoms. The van der Waals surface area contributed by atoms with E-state index in [0.717, 1.165) is 15.6 Å². The molecule has 1 fully saturated rings. The van der Waals surface area contributed by atoms with Gasteiger partial charge in [0.1, 0.15) is 20.0 Å². The quantitative estimate of drug-likeness (QED) is 0.174. The van der Waals surface area contributed by atoms with Crippen LogP contribution < -0.4 is 9.64 Å². The Morgan fingerprint density at radius 1 is 1.06 bits per heavy atom. The summed E-state index contributed by atoms with van der Waals surface area (Å²) in [7, 11) is -2.44. The van der Waals surface area contributed by atoms with Crippen molar-refractivity contribution in [3.05, 3.63) is 28.1 Å². The number of nitrogens with zero attached hydrogens (tertiary/aromatic N) is 3. The van der Waals surface area contributed by atoms with Gasteiger partial charge in [-0.15, -0.1) is 0 Å². The molecule has 0 radical (unpaired) electrons. The number of anilines is 1. The van der Waals surface area contributed by atoms with Gasteiger partial charge in [-0.25, -0.2) is 0 Å². The second kappa shape index (κ2) is 14.6. The van der Waals surface area contributed by atoms with E-state index >= 15 is 0 Å². The minimum atomic E-state index is -4.01. The van der Waals surface area contributed by atoms with E-state index in [1.54, 1.807) is 7.11 Å². The van der Waals surface area contributed by atoms with Gasteiger partial charge in [-0.2, -0.15) is 8.42 Å². The van der Waals surface area contributed by atoms with Gasteiger partial charge in [0.15, 0.2) is 0 Å². The lowest BCUT2D eigenvalue weighted by atomic mass is 10.2. The van der Waals surface area contributed by atoms with Crippen molar-refractivity contribution in [2.45, 2.75) is 38.5 Å². The number of ether oxygens (including phenoxy) is 1. The molecule has 0 spiro atoms. The molecule has 2 heterocycles. The average molecular weight is 578 g/mol. The van der Waals surface area contributed by atoms with Crippen molar-refractivity contribution >= 4 is 61.8 Å². The number of benzene rings is 1. The van der Waals surface area contributed by atoms with Gasteiger partial charge in [-0.05, 0) is 44.6 Å². The van der Waals surface area contributed by atoms with Gasteiger partial charge in [0.2, 0.25) is 0 Å². The topological polar surface area (TPSA) is 111 Å². The zero-order valence-electron chi connectivity index (χ0n) is 21.1. The number of thioether (sulfide) groups is 2. The number of thiocarbonyl (C=S) groups is 1. The number of hydrogen-bond acceptors (Lipinski definition) is 10. The summed E-state index contributed by atoms with van der Waals surface area (Å²) in [6.07, 6.45) is 0.787. The Morgan fingerprint density at radius 3 is 2.25 bits per heavy atom. The summed E-state index contributed by atoms with van der Waals surface area (Å²) >= 11 is 7.92. The van der Waals surface area contributed by atoms with Crippen LogP contribution in [-0.2, 0) is 14.9 Å². The number of amides is 1. The van der Waals surface area contributed by atoms with E-state index in [4.69, 9.17) is 21.5 Å². The predicted molar refractivity (Wildman–Crippen MR) is 151 cm³/mol. The van der Waals surface area contributed by atoms with Gasteiger partial charge in [0.25, 0.3) is 16.0 Å². The Hall–Kier alpha value is -1.35. The molecule has 2 aliphatic heterocycles. The van der Waals surface area contributed by atoms with E-state index in [1.807, 2.05) is 23.1 Å². The summed E-state index contributed by atoms with van der Waals surface area (Å²) in [6, 6.07) is 5.61. The van der Waals surface area contributed by atoms with Crippen LogP contribution in [0.25, 0.3) is 0 Å². The van der Waals surface area contributed by atoms with Crippen LogP contribution in [0.2, 0.25) is 0 Å². The maximum Gasteiger partial charge on any atom is 0.268 e. The Balaban J connectivity index is 0.000000572. The summed E-state index contributed by atoms with van der Waals surface area (Å²) in [6.45, 7) is 10.5. The van der Waals surface area contributed by atoms with Crippen LogP contribution in [0.5, 0.6) is 5.75 Å². The van der Waals surface area contributed by atoms with Gasteiger partial charge in [0.05, 0.1) is 31.7 Å². The Morgan fingerprint density at radius 2 is 1.72 bits per heavy atom. The summed E-state index contributed by atoms with van der Waals surface area (Å²) in [5.41, 5.74) is 0.864. The van der Waals surface area contributed by atoms with Crippen molar-refractivity contribution in [3.8, 4) is 5.75 Å². The zero-order valence-corrected chi connectivity index (χ0v) is 24.4. The van der Waals surface area contributed by atoms with Crippen molar-refractivity contribution in [1.82, 2.24) is 9.80 Å². The first-order chi connectivity index (χ1) is 17.1. The number of carbonyl (C=O) groups is 1. The molecular weight excluding hydrogens is 543 g/mol. The Kier molecular flexibility index (Phi) is 12.5. The van der Waals surface area contributed by atoms with Gasteiger partial charge in [-0.1, -0.05) is 56.5 Å². The molecule has 2 N–H and O–H groups in total. The van der Waals surface area contributed by atoms with Crippen LogP contribution in [0.3, 0.4) is 0 Å². The number of fused-ring (bicyclic) bond motifs is 1. The molecule has 0 atom stereocenters. The lowest BCUT2D eigenvalue weighted by Crippen LogP contribution is -2.31. The molecule has 0 saturated carbocycles. The molecule has 0 unspecified atom stereocenters. The summed E-state index contributed by atoms with van der Waals surface area (Å²) in [4.78, 5) is 20.0. The number of methoxy groups -OCH3 is 1. The van der Waals surface area contributed by atoms with Gasteiger partial charge >= 0.3 is 0 Å². The number of aliphatic hydroxyl groups is 1. The highest BCUT2D eigenvalue weighted by Crippen LogP contribution is 2.51. The van der Waals surface area contributed by atoms with E-state index < -0.39 is 10.1 Å². The highest BCUT2D eigenvalue weighted by Gasteiger charge is 2.38. The molecule has 3 rings (SSSR count). The van der Waals surface area contributed by atoms with Crippen LogP contribution in [0.15, 0.2) is 33.0 Å². The SMILES string of the molecule is CCN(CC)CC.COc1ccc2c(c1)N(CCCCS(=O)(=O)O)/C(=C1\SC(=S)N(CCO)C1=O)S2. The minimum absolute atomic E-state index is 0.140. The number of rotatable bonds is 11.